The van der Waals surface area contributed by atoms with Gasteiger partial charge in [0.15, 0.2) is 5.69 Å². The highest BCUT2D eigenvalue weighted by Gasteiger charge is 2.33. The van der Waals surface area contributed by atoms with Crippen molar-refractivity contribution in [2.24, 2.45) is 0 Å². The van der Waals surface area contributed by atoms with Crippen LogP contribution in [-0.4, -0.2) is 16.5 Å². The quantitative estimate of drug-likeness (QED) is 0.825. The van der Waals surface area contributed by atoms with Crippen molar-refractivity contribution in [3.05, 3.63) is 46.0 Å². The van der Waals surface area contributed by atoms with E-state index in [2.05, 4.69) is 4.98 Å². The first-order chi connectivity index (χ1) is 8.41. The van der Waals surface area contributed by atoms with Crippen LogP contribution >= 0.6 is 0 Å². The fourth-order valence-corrected chi connectivity index (χ4v) is 1.55. The minimum Gasteiger partial charge on any atom is -0.380 e. The Morgan fingerprint density at radius 1 is 1.39 bits per heavy atom. The van der Waals surface area contributed by atoms with Crippen LogP contribution in [-0.2, 0) is 17.5 Å². The van der Waals surface area contributed by atoms with Crippen molar-refractivity contribution in [1.29, 1.82) is 0 Å². The summed E-state index contributed by atoms with van der Waals surface area (Å²) in [6.45, 7) is 0.239. The lowest BCUT2D eigenvalue weighted by atomic mass is 10.2. The number of fused-ring (bicyclic) bond motifs is 1. The Balaban J connectivity index is 2.65. The van der Waals surface area contributed by atoms with Gasteiger partial charge in [-0.05, 0) is 17.7 Å². The van der Waals surface area contributed by atoms with Gasteiger partial charge in [-0.15, -0.1) is 0 Å². The summed E-state index contributed by atoms with van der Waals surface area (Å²) in [7, 11) is 1.47. The molecule has 0 aliphatic rings. The van der Waals surface area contributed by atoms with Gasteiger partial charge in [-0.25, -0.2) is 4.98 Å². The maximum Gasteiger partial charge on any atom is 0.433 e. The van der Waals surface area contributed by atoms with Gasteiger partial charge in [0, 0.05) is 19.4 Å². The van der Waals surface area contributed by atoms with E-state index in [1.54, 1.807) is 6.07 Å². The molecule has 2 rings (SSSR count). The molecule has 2 aromatic rings. The first kappa shape index (κ1) is 12.6. The number of nitrogens with zero attached hydrogens (tertiary/aromatic N) is 2. The first-order valence-electron chi connectivity index (χ1n) is 5.00. The second kappa shape index (κ2) is 4.41. The van der Waals surface area contributed by atoms with Crippen molar-refractivity contribution >= 4 is 5.65 Å². The molecule has 4 nitrogen and oxygen atoms in total. The average Bonchev–Trinajstić information content (AvgIpc) is 2.27. The zero-order valence-corrected chi connectivity index (χ0v) is 9.36. The van der Waals surface area contributed by atoms with Gasteiger partial charge in [0.25, 0.3) is 5.56 Å². The van der Waals surface area contributed by atoms with Crippen LogP contribution < -0.4 is 5.56 Å². The van der Waals surface area contributed by atoms with E-state index in [9.17, 15) is 18.0 Å². The Labute approximate surface area is 99.6 Å². The molecule has 0 amide bonds. The van der Waals surface area contributed by atoms with Crippen molar-refractivity contribution < 1.29 is 17.9 Å². The molecule has 0 aliphatic carbocycles. The zero-order chi connectivity index (χ0) is 13.3. The van der Waals surface area contributed by atoms with Gasteiger partial charge in [0.1, 0.15) is 5.65 Å². The maximum atomic E-state index is 12.5. The largest absolute Gasteiger partial charge is 0.433 e. The summed E-state index contributed by atoms with van der Waals surface area (Å²) in [6.07, 6.45) is -3.26. The molecule has 2 aromatic heterocycles. The lowest BCUT2D eigenvalue weighted by Crippen LogP contribution is -2.20. The fraction of sp³-hybridized carbons (Fsp3) is 0.273. The molecule has 0 spiro atoms. The van der Waals surface area contributed by atoms with Crippen LogP contribution in [0.15, 0.2) is 29.2 Å². The Hall–Kier alpha value is -1.89. The summed E-state index contributed by atoms with van der Waals surface area (Å²) in [5.41, 5.74) is -1.37. The number of halogens is 3. The van der Waals surface area contributed by atoms with Crippen molar-refractivity contribution in [2.75, 3.05) is 7.11 Å². The van der Waals surface area contributed by atoms with Crippen LogP contribution in [0.25, 0.3) is 5.65 Å². The van der Waals surface area contributed by atoms with E-state index in [1.807, 2.05) is 0 Å². The topological polar surface area (TPSA) is 43.6 Å². The average molecular weight is 258 g/mol. The maximum absolute atomic E-state index is 12.5. The van der Waals surface area contributed by atoms with Crippen molar-refractivity contribution in [3.8, 4) is 0 Å². The monoisotopic (exact) mass is 258 g/mol. The van der Waals surface area contributed by atoms with E-state index < -0.39 is 17.4 Å². The van der Waals surface area contributed by atoms with Gasteiger partial charge in [-0.1, -0.05) is 0 Å². The second-order valence-corrected chi connectivity index (χ2v) is 3.67. The lowest BCUT2D eigenvalue weighted by Gasteiger charge is -2.08. The number of rotatable bonds is 2. The first-order valence-corrected chi connectivity index (χ1v) is 5.00. The Morgan fingerprint density at radius 3 is 2.72 bits per heavy atom. The van der Waals surface area contributed by atoms with Crippen LogP contribution in [0.2, 0.25) is 0 Å². The smallest absolute Gasteiger partial charge is 0.380 e. The Morgan fingerprint density at radius 2 is 2.11 bits per heavy atom. The summed E-state index contributed by atoms with van der Waals surface area (Å²) in [5.74, 6) is 0. The molecule has 0 aliphatic heterocycles. The number of hydrogen-bond acceptors (Lipinski definition) is 3. The predicted molar refractivity (Wildman–Crippen MR) is 57.2 cm³/mol. The Bertz CT molecular complexity index is 634. The highest BCUT2D eigenvalue weighted by atomic mass is 19.4. The van der Waals surface area contributed by atoms with Gasteiger partial charge in [0.2, 0.25) is 0 Å². The molecule has 0 N–H and O–H groups in total. The number of methoxy groups -OCH3 is 1. The van der Waals surface area contributed by atoms with Crippen molar-refractivity contribution in [1.82, 2.24) is 9.38 Å². The standard InChI is InChI=1S/C11H9F3N2O2/c1-18-6-7-2-3-16-9(4-7)15-8(5-10(16)17)11(12,13)14/h2-5H,6H2,1H3. The van der Waals surface area contributed by atoms with E-state index in [4.69, 9.17) is 4.74 Å². The third-order valence-corrected chi connectivity index (χ3v) is 2.33. The fourth-order valence-electron chi connectivity index (χ4n) is 1.55. The molecule has 0 unspecified atom stereocenters. The van der Waals surface area contributed by atoms with Gasteiger partial charge in [0.05, 0.1) is 6.61 Å². The third kappa shape index (κ3) is 2.35. The number of ether oxygens (including phenoxy) is 1. The highest BCUT2D eigenvalue weighted by molar-refractivity contribution is 5.42. The zero-order valence-electron chi connectivity index (χ0n) is 9.36. The summed E-state index contributed by atoms with van der Waals surface area (Å²) in [5, 5.41) is 0. The summed E-state index contributed by atoms with van der Waals surface area (Å²) in [4.78, 5) is 14.9. The normalized spacial score (nSPS) is 12.0. The summed E-state index contributed by atoms with van der Waals surface area (Å²) in [6, 6.07) is 3.45. The van der Waals surface area contributed by atoms with E-state index >= 15 is 0 Å². The predicted octanol–water partition coefficient (Wildman–Crippen LogP) is 1.86. The number of hydrogen-bond donors (Lipinski definition) is 0. The summed E-state index contributed by atoms with van der Waals surface area (Å²) >= 11 is 0. The van der Waals surface area contributed by atoms with E-state index in [1.165, 1.54) is 19.4 Å². The molecular weight excluding hydrogens is 249 g/mol. The van der Waals surface area contributed by atoms with E-state index in [-0.39, 0.29) is 12.3 Å². The molecule has 7 heteroatoms. The molecule has 0 radical (unpaired) electrons. The molecule has 0 saturated carbocycles. The molecule has 2 heterocycles. The molecule has 0 bridgehead atoms. The van der Waals surface area contributed by atoms with Crippen LogP contribution in [0, 0.1) is 0 Å². The van der Waals surface area contributed by atoms with Crippen LogP contribution in [0.1, 0.15) is 11.3 Å². The minimum absolute atomic E-state index is 0.0515. The van der Waals surface area contributed by atoms with E-state index in [0.717, 1.165) is 4.40 Å². The molecule has 96 valence electrons. The van der Waals surface area contributed by atoms with Crippen LogP contribution in [0.3, 0.4) is 0 Å². The van der Waals surface area contributed by atoms with Gasteiger partial charge in [-0.3, -0.25) is 9.20 Å². The Kier molecular flexibility index (Phi) is 3.08. The van der Waals surface area contributed by atoms with Gasteiger partial charge in [-0.2, -0.15) is 13.2 Å². The van der Waals surface area contributed by atoms with Crippen molar-refractivity contribution in [3.63, 3.8) is 0 Å². The lowest BCUT2D eigenvalue weighted by molar-refractivity contribution is -0.141. The highest BCUT2D eigenvalue weighted by Crippen LogP contribution is 2.26. The minimum atomic E-state index is -4.63. The number of aromatic nitrogens is 2. The molecule has 0 aromatic carbocycles. The summed E-state index contributed by atoms with van der Waals surface area (Å²) < 4.78 is 43.4. The van der Waals surface area contributed by atoms with Crippen molar-refractivity contribution in [2.45, 2.75) is 12.8 Å². The van der Waals surface area contributed by atoms with Crippen LogP contribution in [0.5, 0.6) is 0 Å². The SMILES string of the molecule is COCc1ccn2c(=O)cc(C(F)(F)F)nc2c1. The van der Waals surface area contributed by atoms with Crippen LogP contribution in [0.4, 0.5) is 13.2 Å². The molecule has 0 atom stereocenters. The number of pyridine rings is 1. The molecule has 18 heavy (non-hydrogen) atoms. The second-order valence-electron chi connectivity index (χ2n) is 3.67. The number of alkyl halides is 3. The molecular formula is C11H9F3N2O2. The van der Waals surface area contributed by atoms with Gasteiger partial charge >= 0.3 is 6.18 Å². The third-order valence-electron chi connectivity index (χ3n) is 2.33. The van der Waals surface area contributed by atoms with Gasteiger partial charge < -0.3 is 4.74 Å². The molecule has 0 saturated heterocycles. The van der Waals surface area contributed by atoms with E-state index in [0.29, 0.717) is 11.6 Å². The molecule has 0 fully saturated rings.